The van der Waals surface area contributed by atoms with Crippen LogP contribution in [-0.2, 0) is 19.1 Å². The second kappa shape index (κ2) is 12.0. The molecule has 1 aliphatic carbocycles. The predicted molar refractivity (Wildman–Crippen MR) is 115 cm³/mol. The molecule has 0 bridgehead atoms. The first-order valence-corrected chi connectivity index (χ1v) is 11.4. The summed E-state index contributed by atoms with van der Waals surface area (Å²) in [7, 11) is 0. The van der Waals surface area contributed by atoms with E-state index >= 15 is 0 Å². The Bertz CT molecular complexity index is 839. The van der Waals surface area contributed by atoms with Gasteiger partial charge in [-0.1, -0.05) is 19.3 Å². The van der Waals surface area contributed by atoms with E-state index in [4.69, 9.17) is 9.47 Å². The molecule has 1 saturated carbocycles. The first-order valence-electron chi connectivity index (χ1n) is 11.4. The van der Waals surface area contributed by atoms with Crippen molar-refractivity contribution < 1.29 is 32.6 Å². The Morgan fingerprint density at radius 3 is 2.48 bits per heavy atom. The molecule has 0 atom stereocenters. The van der Waals surface area contributed by atoms with E-state index in [1.54, 1.807) is 0 Å². The topological polar surface area (TPSA) is 97.0 Å². The van der Waals surface area contributed by atoms with Crippen molar-refractivity contribution in [2.45, 2.75) is 44.1 Å². The van der Waals surface area contributed by atoms with Crippen LogP contribution in [0, 0.1) is 11.6 Å². The van der Waals surface area contributed by atoms with E-state index in [1.165, 1.54) is 6.42 Å². The van der Waals surface area contributed by atoms with E-state index in [1.807, 2.05) is 0 Å². The molecule has 33 heavy (non-hydrogen) atoms. The van der Waals surface area contributed by atoms with Crippen molar-refractivity contribution in [3.8, 4) is 0 Å². The number of rotatable bonds is 9. The molecule has 2 N–H and O–H groups in total. The molecule has 8 nitrogen and oxygen atoms in total. The van der Waals surface area contributed by atoms with Crippen LogP contribution in [0.25, 0.3) is 0 Å². The van der Waals surface area contributed by atoms with Gasteiger partial charge in [0.15, 0.2) is 6.61 Å². The van der Waals surface area contributed by atoms with E-state index in [2.05, 4.69) is 15.5 Å². The van der Waals surface area contributed by atoms with E-state index < -0.39 is 30.1 Å². The zero-order valence-electron chi connectivity index (χ0n) is 18.7. The third-order valence-corrected chi connectivity index (χ3v) is 6.24. The molecule has 2 amide bonds. The molecule has 3 rings (SSSR count). The monoisotopic (exact) mass is 467 g/mol. The van der Waals surface area contributed by atoms with Gasteiger partial charge in [-0.3, -0.25) is 19.3 Å². The number of hydrogen-bond acceptors (Lipinski definition) is 6. The maximum atomic E-state index is 13.6. The predicted octanol–water partition coefficient (Wildman–Crippen LogP) is 1.78. The van der Waals surface area contributed by atoms with Gasteiger partial charge in [0.25, 0.3) is 11.8 Å². The highest BCUT2D eigenvalue weighted by atomic mass is 19.1. The normalized spacial score (nSPS) is 18.4. The summed E-state index contributed by atoms with van der Waals surface area (Å²) in [6.45, 7) is 3.07. The molecule has 2 fully saturated rings. The first kappa shape index (κ1) is 25.0. The van der Waals surface area contributed by atoms with Gasteiger partial charge in [-0.2, -0.15) is 0 Å². The Morgan fingerprint density at radius 2 is 1.79 bits per heavy atom. The third-order valence-electron chi connectivity index (χ3n) is 6.24. The number of hydrogen-bond donors (Lipinski definition) is 2. The minimum absolute atomic E-state index is 0.0817. The summed E-state index contributed by atoms with van der Waals surface area (Å²) in [4.78, 5) is 38.5. The fourth-order valence-electron chi connectivity index (χ4n) is 4.43. The third kappa shape index (κ3) is 7.20. The maximum absolute atomic E-state index is 13.6. The average molecular weight is 468 g/mol. The summed E-state index contributed by atoms with van der Waals surface area (Å²) in [6, 6.07) is 2.61. The van der Waals surface area contributed by atoms with Crippen molar-refractivity contribution in [1.82, 2.24) is 15.5 Å². The lowest BCUT2D eigenvalue weighted by Gasteiger charge is -2.48. The number of benzene rings is 1. The molecular weight excluding hydrogens is 436 g/mol. The van der Waals surface area contributed by atoms with Crippen molar-refractivity contribution in [3.63, 3.8) is 0 Å². The van der Waals surface area contributed by atoms with E-state index in [-0.39, 0.29) is 30.0 Å². The van der Waals surface area contributed by atoms with Gasteiger partial charge in [0.2, 0.25) is 0 Å². The second-order valence-corrected chi connectivity index (χ2v) is 8.45. The van der Waals surface area contributed by atoms with Gasteiger partial charge in [-0.05, 0) is 25.0 Å². The van der Waals surface area contributed by atoms with Crippen LogP contribution in [0.2, 0.25) is 0 Å². The second-order valence-electron chi connectivity index (χ2n) is 8.45. The van der Waals surface area contributed by atoms with Crippen molar-refractivity contribution in [1.29, 1.82) is 0 Å². The van der Waals surface area contributed by atoms with Crippen LogP contribution < -0.4 is 10.6 Å². The number of carbonyl (C=O) groups excluding carboxylic acids is 3. The Hall–Kier alpha value is -2.59. The molecule has 0 radical (unpaired) electrons. The highest BCUT2D eigenvalue weighted by Gasteiger charge is 2.38. The Morgan fingerprint density at radius 1 is 1.06 bits per heavy atom. The number of ether oxygens (including phenoxy) is 2. The fourth-order valence-corrected chi connectivity index (χ4v) is 4.43. The first-order chi connectivity index (χ1) is 15.9. The van der Waals surface area contributed by atoms with Crippen molar-refractivity contribution in [2.75, 3.05) is 46.0 Å². The molecule has 0 unspecified atom stereocenters. The fraction of sp³-hybridized carbons (Fsp3) is 0.609. The molecule has 1 aliphatic heterocycles. The van der Waals surface area contributed by atoms with Gasteiger partial charge in [0.05, 0.1) is 25.2 Å². The number of amides is 2. The Kier molecular flexibility index (Phi) is 9.13. The van der Waals surface area contributed by atoms with Gasteiger partial charge in [0.1, 0.15) is 11.6 Å². The number of carbonyl (C=O) groups is 3. The summed E-state index contributed by atoms with van der Waals surface area (Å²) in [5.41, 5.74) is -0.400. The highest BCUT2D eigenvalue weighted by molar-refractivity contribution is 5.94. The zero-order valence-corrected chi connectivity index (χ0v) is 18.7. The van der Waals surface area contributed by atoms with E-state index in [0.717, 1.165) is 50.9 Å². The van der Waals surface area contributed by atoms with Crippen LogP contribution >= 0.6 is 0 Å². The van der Waals surface area contributed by atoms with Crippen LogP contribution in [0.1, 0.15) is 48.9 Å². The largest absolute Gasteiger partial charge is 0.456 e. The van der Waals surface area contributed by atoms with Crippen LogP contribution in [0.4, 0.5) is 8.78 Å². The van der Waals surface area contributed by atoms with Crippen molar-refractivity contribution in [3.05, 3.63) is 35.4 Å². The van der Waals surface area contributed by atoms with Gasteiger partial charge in [-0.25, -0.2) is 8.78 Å². The van der Waals surface area contributed by atoms with Gasteiger partial charge >= 0.3 is 5.97 Å². The molecule has 0 spiro atoms. The van der Waals surface area contributed by atoms with Crippen LogP contribution in [0.3, 0.4) is 0 Å². The Balaban J connectivity index is 1.37. The number of morpholine rings is 1. The average Bonchev–Trinajstić information content (AvgIpc) is 2.82. The molecule has 0 aromatic heterocycles. The van der Waals surface area contributed by atoms with Gasteiger partial charge < -0.3 is 20.1 Å². The lowest BCUT2D eigenvalue weighted by molar-refractivity contribution is -0.148. The van der Waals surface area contributed by atoms with E-state index in [0.29, 0.717) is 25.8 Å². The molecule has 1 aromatic carbocycles. The molecule has 1 aromatic rings. The molecule has 182 valence electrons. The lowest BCUT2D eigenvalue weighted by atomic mass is 9.79. The Labute approximate surface area is 192 Å². The number of nitrogens with one attached hydrogen (secondary N) is 2. The van der Waals surface area contributed by atoms with Gasteiger partial charge in [-0.15, -0.1) is 0 Å². The summed E-state index contributed by atoms with van der Waals surface area (Å²) in [6.07, 6.45) is 5.29. The van der Waals surface area contributed by atoms with Crippen LogP contribution in [-0.4, -0.2) is 74.2 Å². The molecule has 10 heteroatoms. The van der Waals surface area contributed by atoms with Gasteiger partial charge in [0, 0.05) is 37.8 Å². The summed E-state index contributed by atoms with van der Waals surface area (Å²) in [5, 5.41) is 5.28. The summed E-state index contributed by atoms with van der Waals surface area (Å²) >= 11 is 0. The molecule has 2 aliphatic rings. The number of halogens is 2. The van der Waals surface area contributed by atoms with Crippen LogP contribution in [0.15, 0.2) is 18.2 Å². The highest BCUT2D eigenvalue weighted by Crippen LogP contribution is 2.33. The summed E-state index contributed by atoms with van der Waals surface area (Å²) in [5.74, 6) is -3.58. The minimum atomic E-state index is -0.987. The number of nitrogens with zero attached hydrogens (tertiary/aromatic N) is 1. The molecule has 1 heterocycles. The van der Waals surface area contributed by atoms with E-state index in [9.17, 15) is 23.2 Å². The lowest BCUT2D eigenvalue weighted by Crippen LogP contribution is -2.59. The minimum Gasteiger partial charge on any atom is -0.456 e. The quantitative estimate of drug-likeness (QED) is 0.538. The number of esters is 1. The molecule has 1 saturated heterocycles. The van der Waals surface area contributed by atoms with Crippen molar-refractivity contribution >= 4 is 17.8 Å². The standard InChI is InChI=1S/C23H31F2N3O5/c24-17-4-5-18(19(25)14-17)22(31)26-9-6-21(30)33-15-20(29)27-16-23(7-2-1-3-8-23)28-10-12-32-13-11-28/h4-5,14H,1-3,6-13,15-16H2,(H,26,31)(H,27,29). The SMILES string of the molecule is O=C(COC(=O)CCNC(=O)c1ccc(F)cc1F)NCC1(N2CCOCC2)CCCCC1. The zero-order chi connectivity index (χ0) is 23.7. The smallest absolute Gasteiger partial charge is 0.308 e. The maximum Gasteiger partial charge on any atom is 0.308 e. The molecular formula is C23H31F2N3O5. The van der Waals surface area contributed by atoms with Crippen LogP contribution in [0.5, 0.6) is 0 Å². The summed E-state index contributed by atoms with van der Waals surface area (Å²) < 4.78 is 37.0. The van der Waals surface area contributed by atoms with Crippen molar-refractivity contribution in [2.24, 2.45) is 0 Å².